The summed E-state index contributed by atoms with van der Waals surface area (Å²) >= 11 is 0. The lowest BCUT2D eigenvalue weighted by atomic mass is 10.1. The quantitative estimate of drug-likeness (QED) is 0.419. The van der Waals surface area contributed by atoms with Gasteiger partial charge in [-0.15, -0.1) is 0 Å². The molecule has 14 heavy (non-hydrogen) atoms. The second-order valence-corrected chi connectivity index (χ2v) is 3.59. The van der Waals surface area contributed by atoms with Crippen molar-refractivity contribution in [2.75, 3.05) is 6.61 Å². The minimum absolute atomic E-state index is 0.184. The van der Waals surface area contributed by atoms with Crippen LogP contribution in [0.3, 0.4) is 0 Å². The fraction of sp³-hybridized carbons (Fsp3) is 0.833. The van der Waals surface area contributed by atoms with Crippen molar-refractivity contribution in [1.29, 1.82) is 0 Å². The van der Waals surface area contributed by atoms with E-state index in [1.807, 2.05) is 0 Å². The minimum atomic E-state index is -0.184. The third kappa shape index (κ3) is 9.56. The van der Waals surface area contributed by atoms with Crippen LogP contribution in [0.1, 0.15) is 58.3 Å². The second kappa shape index (κ2) is 10.6. The van der Waals surface area contributed by atoms with E-state index in [9.17, 15) is 4.79 Å². The number of ether oxygens (including phenoxy) is 1. The predicted octanol–water partition coefficient (Wildman–Crippen LogP) is 3.50. The highest BCUT2D eigenvalue weighted by Crippen LogP contribution is 2.06. The fourth-order valence-electron chi connectivity index (χ4n) is 1.32. The predicted molar refractivity (Wildman–Crippen MR) is 58.9 cm³/mol. The van der Waals surface area contributed by atoms with E-state index in [4.69, 9.17) is 4.74 Å². The van der Waals surface area contributed by atoms with Crippen LogP contribution < -0.4 is 0 Å². The van der Waals surface area contributed by atoms with Crippen LogP contribution >= 0.6 is 0 Å². The Morgan fingerprint density at radius 3 is 2.21 bits per heavy atom. The van der Waals surface area contributed by atoms with Crippen LogP contribution in [0.2, 0.25) is 0 Å². The molecule has 0 aromatic carbocycles. The molecule has 0 bridgehead atoms. The SMILES string of the molecule is [CH2]CC(=O)OCCCCCCCCC. The van der Waals surface area contributed by atoms with E-state index in [2.05, 4.69) is 13.8 Å². The highest BCUT2D eigenvalue weighted by molar-refractivity contribution is 5.69. The summed E-state index contributed by atoms with van der Waals surface area (Å²) in [7, 11) is 0. The van der Waals surface area contributed by atoms with E-state index in [0.717, 1.165) is 6.42 Å². The number of hydrogen-bond acceptors (Lipinski definition) is 2. The van der Waals surface area contributed by atoms with E-state index in [0.29, 0.717) is 6.61 Å². The molecule has 0 saturated heterocycles. The molecule has 0 N–H and O–H groups in total. The Balaban J connectivity index is 2.95. The molecule has 0 atom stereocenters. The number of unbranched alkanes of at least 4 members (excludes halogenated alkanes) is 6. The Labute approximate surface area is 88.0 Å². The van der Waals surface area contributed by atoms with Gasteiger partial charge in [-0.2, -0.15) is 0 Å². The molecular formula is C12H23O2. The Kier molecular flexibility index (Phi) is 10.2. The third-order valence-electron chi connectivity index (χ3n) is 2.22. The van der Waals surface area contributed by atoms with Gasteiger partial charge in [0.25, 0.3) is 0 Å². The normalized spacial score (nSPS) is 10.1. The van der Waals surface area contributed by atoms with Gasteiger partial charge in [0.1, 0.15) is 0 Å². The van der Waals surface area contributed by atoms with Gasteiger partial charge in [0.2, 0.25) is 0 Å². The van der Waals surface area contributed by atoms with Crippen LogP contribution in [0.25, 0.3) is 0 Å². The van der Waals surface area contributed by atoms with Crippen LogP contribution in [-0.2, 0) is 9.53 Å². The molecule has 0 fully saturated rings. The van der Waals surface area contributed by atoms with Crippen LogP contribution in [0.5, 0.6) is 0 Å². The summed E-state index contributed by atoms with van der Waals surface area (Å²) in [6.45, 7) is 6.25. The average Bonchev–Trinajstić information content (AvgIpc) is 2.21. The van der Waals surface area contributed by atoms with Crippen molar-refractivity contribution in [1.82, 2.24) is 0 Å². The summed E-state index contributed by atoms with van der Waals surface area (Å²) in [4.78, 5) is 10.7. The van der Waals surface area contributed by atoms with Crippen molar-refractivity contribution in [2.24, 2.45) is 0 Å². The van der Waals surface area contributed by atoms with Gasteiger partial charge in [-0.05, 0) is 13.3 Å². The molecule has 1 radical (unpaired) electrons. The first-order valence-corrected chi connectivity index (χ1v) is 5.76. The van der Waals surface area contributed by atoms with Crippen molar-refractivity contribution in [3.63, 3.8) is 0 Å². The molecule has 0 aliphatic rings. The number of carbonyl (C=O) groups excluding carboxylic acids is 1. The summed E-state index contributed by atoms with van der Waals surface area (Å²) in [6.07, 6.45) is 8.98. The molecule has 2 nitrogen and oxygen atoms in total. The van der Waals surface area contributed by atoms with Gasteiger partial charge in [-0.25, -0.2) is 0 Å². The molecule has 0 rings (SSSR count). The van der Waals surface area contributed by atoms with E-state index < -0.39 is 0 Å². The Morgan fingerprint density at radius 1 is 1.07 bits per heavy atom. The molecule has 0 aromatic heterocycles. The van der Waals surface area contributed by atoms with E-state index in [-0.39, 0.29) is 12.4 Å². The summed E-state index contributed by atoms with van der Waals surface area (Å²) in [5.74, 6) is -0.184. The molecular weight excluding hydrogens is 176 g/mol. The maximum atomic E-state index is 10.7. The van der Waals surface area contributed by atoms with Crippen molar-refractivity contribution >= 4 is 5.97 Å². The standard InChI is InChI=1S/C12H23O2/c1-3-5-6-7-8-9-10-11-14-12(13)4-2/h2-11H2,1H3. The smallest absolute Gasteiger partial charge is 0.305 e. The van der Waals surface area contributed by atoms with Gasteiger partial charge in [0, 0.05) is 6.42 Å². The number of esters is 1. The van der Waals surface area contributed by atoms with Crippen molar-refractivity contribution in [3.05, 3.63) is 6.92 Å². The summed E-state index contributed by atoms with van der Waals surface area (Å²) < 4.78 is 4.92. The van der Waals surface area contributed by atoms with Crippen LogP contribution in [0.4, 0.5) is 0 Å². The first-order valence-electron chi connectivity index (χ1n) is 5.76. The van der Waals surface area contributed by atoms with E-state index in [1.165, 1.54) is 38.5 Å². The van der Waals surface area contributed by atoms with Crippen molar-refractivity contribution in [3.8, 4) is 0 Å². The molecule has 83 valence electrons. The maximum Gasteiger partial charge on any atom is 0.305 e. The number of rotatable bonds is 9. The molecule has 0 unspecified atom stereocenters. The first-order chi connectivity index (χ1) is 6.81. The second-order valence-electron chi connectivity index (χ2n) is 3.59. The zero-order valence-corrected chi connectivity index (χ0v) is 9.39. The minimum Gasteiger partial charge on any atom is -0.466 e. The van der Waals surface area contributed by atoms with Gasteiger partial charge in [-0.3, -0.25) is 4.79 Å². The monoisotopic (exact) mass is 199 g/mol. The lowest BCUT2D eigenvalue weighted by molar-refractivity contribution is -0.142. The van der Waals surface area contributed by atoms with Crippen LogP contribution in [0.15, 0.2) is 0 Å². The zero-order valence-electron chi connectivity index (χ0n) is 9.39. The summed E-state index contributed by atoms with van der Waals surface area (Å²) in [5.41, 5.74) is 0. The van der Waals surface area contributed by atoms with E-state index in [1.54, 1.807) is 0 Å². The molecule has 0 aromatic rings. The molecule has 0 aliphatic heterocycles. The molecule has 0 aliphatic carbocycles. The Hall–Kier alpha value is -0.530. The van der Waals surface area contributed by atoms with Gasteiger partial charge >= 0.3 is 5.97 Å². The van der Waals surface area contributed by atoms with Crippen LogP contribution in [0, 0.1) is 6.92 Å². The van der Waals surface area contributed by atoms with Gasteiger partial charge in [0.05, 0.1) is 6.61 Å². The highest BCUT2D eigenvalue weighted by Gasteiger charge is 1.97. The van der Waals surface area contributed by atoms with Crippen molar-refractivity contribution in [2.45, 2.75) is 58.3 Å². The third-order valence-corrected chi connectivity index (χ3v) is 2.22. The molecule has 0 amide bonds. The van der Waals surface area contributed by atoms with Crippen molar-refractivity contribution < 1.29 is 9.53 Å². The number of hydrogen-bond donors (Lipinski definition) is 0. The Morgan fingerprint density at radius 2 is 1.64 bits per heavy atom. The van der Waals surface area contributed by atoms with E-state index >= 15 is 0 Å². The molecule has 2 heteroatoms. The molecule has 0 saturated carbocycles. The summed E-state index contributed by atoms with van der Waals surface area (Å²) in [5, 5.41) is 0. The molecule has 0 heterocycles. The number of carbonyl (C=O) groups is 1. The van der Waals surface area contributed by atoms with Gasteiger partial charge in [0.15, 0.2) is 0 Å². The lowest BCUT2D eigenvalue weighted by Crippen LogP contribution is -2.03. The maximum absolute atomic E-state index is 10.7. The van der Waals surface area contributed by atoms with Crippen LogP contribution in [-0.4, -0.2) is 12.6 Å². The largest absolute Gasteiger partial charge is 0.466 e. The zero-order chi connectivity index (χ0) is 10.6. The topological polar surface area (TPSA) is 26.3 Å². The fourth-order valence-corrected chi connectivity index (χ4v) is 1.32. The Bertz CT molecular complexity index is 132. The van der Waals surface area contributed by atoms with Gasteiger partial charge in [-0.1, -0.05) is 45.4 Å². The summed E-state index contributed by atoms with van der Waals surface area (Å²) in [6, 6.07) is 0. The highest BCUT2D eigenvalue weighted by atomic mass is 16.5. The molecule has 0 spiro atoms. The average molecular weight is 199 g/mol. The first kappa shape index (κ1) is 13.5. The van der Waals surface area contributed by atoms with Gasteiger partial charge < -0.3 is 4.74 Å². The lowest BCUT2D eigenvalue weighted by Gasteiger charge is -2.02.